The largest absolute Gasteiger partial charge is 0.481 e. The van der Waals surface area contributed by atoms with E-state index in [1.807, 2.05) is 30.3 Å². The SMILES string of the molecule is O=C(O)CC(NC(=O)OCc1ccccc1)C(=O)Cn1nnnc1Cc1ccc(-c2ncc[nH]2)cc1. The minimum atomic E-state index is -1.31. The van der Waals surface area contributed by atoms with Crippen molar-refractivity contribution in [3.05, 3.63) is 83.9 Å². The van der Waals surface area contributed by atoms with E-state index in [9.17, 15) is 19.5 Å². The number of aromatic amines is 1. The Hall–Kier alpha value is -4.87. The van der Waals surface area contributed by atoms with E-state index < -0.39 is 30.3 Å². The number of alkyl carbamates (subject to hydrolysis) is 1. The van der Waals surface area contributed by atoms with Crippen LogP contribution in [0.25, 0.3) is 11.4 Å². The number of carboxylic acid groups (broad SMARTS) is 1. The number of carboxylic acids is 1. The molecule has 0 aliphatic rings. The average molecular weight is 489 g/mol. The Labute approximate surface area is 205 Å². The molecular weight excluding hydrogens is 466 g/mol. The molecule has 2 aromatic carbocycles. The second-order valence-corrected chi connectivity index (χ2v) is 7.89. The fourth-order valence-corrected chi connectivity index (χ4v) is 3.44. The Balaban J connectivity index is 1.37. The van der Waals surface area contributed by atoms with Crippen LogP contribution >= 0.6 is 0 Å². The molecule has 4 rings (SSSR count). The third kappa shape index (κ3) is 6.59. The number of carbonyl (C=O) groups excluding carboxylic acids is 2. The maximum Gasteiger partial charge on any atom is 0.408 e. The van der Waals surface area contributed by atoms with Gasteiger partial charge in [-0.2, -0.15) is 0 Å². The number of amides is 1. The highest BCUT2D eigenvalue weighted by atomic mass is 16.5. The number of aliphatic carboxylic acids is 1. The van der Waals surface area contributed by atoms with Crippen molar-refractivity contribution in [3.8, 4) is 11.4 Å². The van der Waals surface area contributed by atoms with Gasteiger partial charge in [-0.1, -0.05) is 54.6 Å². The lowest BCUT2D eigenvalue weighted by atomic mass is 10.1. The van der Waals surface area contributed by atoms with Crippen LogP contribution in [0.5, 0.6) is 0 Å². The van der Waals surface area contributed by atoms with Gasteiger partial charge in [0.1, 0.15) is 25.0 Å². The predicted molar refractivity (Wildman–Crippen MR) is 125 cm³/mol. The minimum absolute atomic E-state index is 0.0174. The molecule has 184 valence electrons. The number of H-pyrrole nitrogens is 1. The maximum atomic E-state index is 12.9. The molecule has 4 aromatic rings. The summed E-state index contributed by atoms with van der Waals surface area (Å²) in [5.41, 5.74) is 2.57. The normalized spacial score (nSPS) is 11.6. The van der Waals surface area contributed by atoms with E-state index in [1.165, 1.54) is 4.68 Å². The van der Waals surface area contributed by atoms with E-state index in [0.717, 1.165) is 22.5 Å². The molecule has 1 unspecified atom stereocenters. The standard InChI is InChI=1S/C24H23N7O5/c32-20(19(13-22(33)34)27-24(35)36-15-17-4-2-1-3-5-17)14-31-21(28-29-30-31)12-16-6-8-18(9-7-16)23-25-10-11-26-23/h1-11,19H,12-15H2,(H,25,26)(H,27,35)(H,33,34). The Morgan fingerprint density at radius 3 is 2.53 bits per heavy atom. The van der Waals surface area contributed by atoms with E-state index >= 15 is 0 Å². The van der Waals surface area contributed by atoms with Gasteiger partial charge in [0.15, 0.2) is 11.6 Å². The number of benzene rings is 2. The molecule has 36 heavy (non-hydrogen) atoms. The van der Waals surface area contributed by atoms with Crippen molar-refractivity contribution < 1.29 is 24.2 Å². The van der Waals surface area contributed by atoms with Gasteiger partial charge in [-0.3, -0.25) is 9.59 Å². The van der Waals surface area contributed by atoms with Crippen LogP contribution in [0.15, 0.2) is 67.0 Å². The van der Waals surface area contributed by atoms with Crippen molar-refractivity contribution in [2.75, 3.05) is 0 Å². The first kappa shape index (κ1) is 24.3. The van der Waals surface area contributed by atoms with Crippen molar-refractivity contribution in [3.63, 3.8) is 0 Å². The van der Waals surface area contributed by atoms with Gasteiger partial charge in [0.05, 0.1) is 6.42 Å². The Morgan fingerprint density at radius 2 is 1.83 bits per heavy atom. The fraction of sp³-hybridized carbons (Fsp3) is 0.208. The summed E-state index contributed by atoms with van der Waals surface area (Å²) in [6.45, 7) is -0.333. The molecule has 0 aliphatic heterocycles. The van der Waals surface area contributed by atoms with Crippen molar-refractivity contribution in [2.45, 2.75) is 32.0 Å². The van der Waals surface area contributed by atoms with Gasteiger partial charge < -0.3 is 20.1 Å². The number of hydrogen-bond donors (Lipinski definition) is 3. The highest BCUT2D eigenvalue weighted by Crippen LogP contribution is 2.16. The van der Waals surface area contributed by atoms with Gasteiger partial charge in [0.2, 0.25) is 0 Å². The fourth-order valence-electron chi connectivity index (χ4n) is 3.44. The molecule has 12 heteroatoms. The van der Waals surface area contributed by atoms with Crippen molar-refractivity contribution in [2.24, 2.45) is 0 Å². The van der Waals surface area contributed by atoms with Gasteiger partial charge in [0.25, 0.3) is 0 Å². The second kappa shape index (κ2) is 11.5. The van der Waals surface area contributed by atoms with Crippen LogP contribution in [0.2, 0.25) is 0 Å². The summed E-state index contributed by atoms with van der Waals surface area (Å²) in [6.07, 6.45) is 2.25. The topological polar surface area (TPSA) is 165 Å². The van der Waals surface area contributed by atoms with Gasteiger partial charge in [-0.15, -0.1) is 5.10 Å². The Morgan fingerprint density at radius 1 is 1.06 bits per heavy atom. The van der Waals surface area contributed by atoms with Crippen LogP contribution in [-0.4, -0.2) is 59.2 Å². The van der Waals surface area contributed by atoms with Crippen LogP contribution in [-0.2, 0) is 33.9 Å². The van der Waals surface area contributed by atoms with Gasteiger partial charge in [0, 0.05) is 24.4 Å². The first-order valence-electron chi connectivity index (χ1n) is 11.0. The number of ether oxygens (including phenoxy) is 1. The highest BCUT2D eigenvalue weighted by Gasteiger charge is 2.26. The van der Waals surface area contributed by atoms with Crippen LogP contribution in [0, 0.1) is 0 Å². The molecule has 0 bridgehead atoms. The molecule has 3 N–H and O–H groups in total. The smallest absolute Gasteiger partial charge is 0.408 e. The first-order chi connectivity index (χ1) is 17.5. The Kier molecular flexibility index (Phi) is 7.76. The lowest BCUT2D eigenvalue weighted by Crippen LogP contribution is -2.44. The maximum absolute atomic E-state index is 12.9. The van der Waals surface area contributed by atoms with E-state index in [-0.39, 0.29) is 13.2 Å². The second-order valence-electron chi connectivity index (χ2n) is 7.89. The molecule has 2 heterocycles. The van der Waals surface area contributed by atoms with Gasteiger partial charge in [-0.05, 0) is 21.6 Å². The summed E-state index contributed by atoms with van der Waals surface area (Å²) < 4.78 is 6.40. The number of hydrogen-bond acceptors (Lipinski definition) is 8. The number of imidazole rings is 1. The number of Topliss-reactive ketones (excluding diaryl/α,β-unsaturated/α-hetero) is 1. The number of aromatic nitrogens is 6. The minimum Gasteiger partial charge on any atom is -0.481 e. The van der Waals surface area contributed by atoms with E-state index in [0.29, 0.717) is 12.2 Å². The zero-order valence-electron chi connectivity index (χ0n) is 19.1. The molecule has 1 amide bonds. The van der Waals surface area contributed by atoms with Crippen LogP contribution in [0.4, 0.5) is 4.79 Å². The number of nitrogens with one attached hydrogen (secondary N) is 2. The van der Waals surface area contributed by atoms with Crippen LogP contribution in [0.3, 0.4) is 0 Å². The van der Waals surface area contributed by atoms with Crippen molar-refractivity contribution >= 4 is 17.8 Å². The van der Waals surface area contributed by atoms with Crippen LogP contribution < -0.4 is 5.32 Å². The molecule has 0 saturated carbocycles. The van der Waals surface area contributed by atoms with Crippen molar-refractivity contribution in [1.29, 1.82) is 0 Å². The van der Waals surface area contributed by atoms with E-state index in [2.05, 4.69) is 30.8 Å². The molecule has 12 nitrogen and oxygen atoms in total. The molecule has 0 saturated heterocycles. The monoisotopic (exact) mass is 489 g/mol. The third-order valence-electron chi connectivity index (χ3n) is 5.27. The zero-order valence-corrected chi connectivity index (χ0v) is 19.1. The summed E-state index contributed by atoms with van der Waals surface area (Å²) in [7, 11) is 0. The predicted octanol–water partition coefficient (Wildman–Crippen LogP) is 1.99. The zero-order chi connectivity index (χ0) is 25.3. The first-order valence-corrected chi connectivity index (χ1v) is 11.0. The molecule has 0 spiro atoms. The molecule has 0 aliphatic carbocycles. The molecule has 1 atom stereocenters. The number of rotatable bonds is 11. The van der Waals surface area contributed by atoms with Gasteiger partial charge >= 0.3 is 12.1 Å². The van der Waals surface area contributed by atoms with E-state index in [1.54, 1.807) is 36.7 Å². The lowest BCUT2D eigenvalue weighted by molar-refractivity contribution is -0.139. The number of ketones is 1. The molecule has 0 radical (unpaired) electrons. The number of nitrogens with zero attached hydrogens (tertiary/aromatic N) is 5. The summed E-state index contributed by atoms with van der Waals surface area (Å²) in [5, 5.41) is 23.0. The average Bonchev–Trinajstić information content (AvgIpc) is 3.56. The summed E-state index contributed by atoms with van der Waals surface area (Å²) in [4.78, 5) is 43.6. The summed E-state index contributed by atoms with van der Waals surface area (Å²) in [6, 6.07) is 15.3. The molecular formula is C24H23N7O5. The van der Waals surface area contributed by atoms with Crippen molar-refractivity contribution in [1.82, 2.24) is 35.5 Å². The van der Waals surface area contributed by atoms with Gasteiger partial charge in [-0.25, -0.2) is 14.5 Å². The summed E-state index contributed by atoms with van der Waals surface area (Å²) >= 11 is 0. The highest BCUT2D eigenvalue weighted by molar-refractivity contribution is 5.90. The van der Waals surface area contributed by atoms with Crippen LogP contribution in [0.1, 0.15) is 23.4 Å². The molecule has 2 aromatic heterocycles. The molecule has 0 fully saturated rings. The summed E-state index contributed by atoms with van der Waals surface area (Å²) in [5.74, 6) is -0.660. The lowest BCUT2D eigenvalue weighted by Gasteiger charge is -2.16. The third-order valence-corrected chi connectivity index (χ3v) is 5.27. The number of carbonyl (C=O) groups is 3. The number of tetrazole rings is 1. The Bertz CT molecular complexity index is 1300. The van der Waals surface area contributed by atoms with E-state index in [4.69, 9.17) is 4.74 Å². The quantitative estimate of drug-likeness (QED) is 0.286.